The molecule has 8 nitrogen and oxygen atoms in total. The average molecular weight is 394 g/mol. The van der Waals surface area contributed by atoms with Crippen LogP contribution in [0.5, 0.6) is 0 Å². The molecule has 8 heteroatoms. The number of aryl methyl sites for hydroxylation is 3. The van der Waals surface area contributed by atoms with E-state index in [1.54, 1.807) is 10.9 Å². The number of benzene rings is 1. The molecule has 3 heterocycles. The lowest BCUT2D eigenvalue weighted by molar-refractivity contribution is 0.185. The quantitative estimate of drug-likeness (QED) is 0.718. The average Bonchev–Trinajstić information content (AvgIpc) is 3.27. The lowest BCUT2D eigenvalue weighted by atomic mass is 10.1. The Balaban J connectivity index is 1.58. The van der Waals surface area contributed by atoms with Gasteiger partial charge in [0.1, 0.15) is 0 Å². The van der Waals surface area contributed by atoms with E-state index in [0.29, 0.717) is 18.3 Å². The lowest BCUT2D eigenvalue weighted by Gasteiger charge is -2.28. The van der Waals surface area contributed by atoms with Crippen LogP contribution in [0.25, 0.3) is 11.5 Å². The molecule has 3 aromatic rings. The molecule has 1 N–H and O–H groups in total. The standard InChI is InChI=1S/C21H26N6O2/c1-14-8-9-15(2)17(11-14)23-21(28)27-10-6-4-5-7-18(27)19-24-20(29-25-19)16-12-22-26(3)13-16/h8-9,11-13,18H,4-7,10H2,1-3H3,(H,23,28). The Hall–Kier alpha value is -3.16. The highest BCUT2D eigenvalue weighted by Gasteiger charge is 2.31. The number of nitrogens with zero attached hydrogens (tertiary/aromatic N) is 5. The number of aromatic nitrogens is 4. The monoisotopic (exact) mass is 394 g/mol. The normalized spacial score (nSPS) is 17.2. The molecule has 1 fully saturated rings. The fourth-order valence-corrected chi connectivity index (χ4v) is 3.70. The second kappa shape index (κ2) is 8.06. The van der Waals surface area contributed by atoms with Gasteiger partial charge in [0, 0.05) is 25.5 Å². The molecule has 2 aromatic heterocycles. The minimum atomic E-state index is -0.211. The summed E-state index contributed by atoms with van der Waals surface area (Å²) in [5.74, 6) is 0.967. The van der Waals surface area contributed by atoms with E-state index in [2.05, 4.69) is 20.6 Å². The van der Waals surface area contributed by atoms with Gasteiger partial charge in [-0.25, -0.2) is 4.79 Å². The molecule has 0 radical (unpaired) electrons. The number of hydrogen-bond acceptors (Lipinski definition) is 5. The van der Waals surface area contributed by atoms with Crippen LogP contribution < -0.4 is 5.32 Å². The maximum Gasteiger partial charge on any atom is 0.322 e. The first-order valence-corrected chi connectivity index (χ1v) is 9.99. The van der Waals surface area contributed by atoms with Crippen molar-refractivity contribution in [1.29, 1.82) is 0 Å². The van der Waals surface area contributed by atoms with Crippen LogP contribution in [0.15, 0.2) is 35.1 Å². The van der Waals surface area contributed by atoms with Crippen molar-refractivity contribution in [1.82, 2.24) is 24.8 Å². The highest BCUT2D eigenvalue weighted by atomic mass is 16.5. The third-order valence-electron chi connectivity index (χ3n) is 5.34. The van der Waals surface area contributed by atoms with E-state index in [1.807, 2.05) is 50.2 Å². The van der Waals surface area contributed by atoms with E-state index in [4.69, 9.17) is 4.52 Å². The molecular weight excluding hydrogens is 368 g/mol. The predicted molar refractivity (Wildman–Crippen MR) is 109 cm³/mol. The number of likely N-dealkylation sites (tertiary alicyclic amines) is 1. The number of nitrogens with one attached hydrogen (secondary N) is 1. The second-order valence-corrected chi connectivity index (χ2v) is 7.67. The number of urea groups is 1. The van der Waals surface area contributed by atoms with Gasteiger partial charge in [0.15, 0.2) is 5.82 Å². The molecule has 1 unspecified atom stereocenters. The minimum Gasteiger partial charge on any atom is -0.334 e. The molecule has 1 aromatic carbocycles. The van der Waals surface area contributed by atoms with Crippen molar-refractivity contribution in [2.24, 2.45) is 7.05 Å². The first-order valence-electron chi connectivity index (χ1n) is 9.99. The molecule has 1 aliphatic rings. The van der Waals surface area contributed by atoms with Crippen LogP contribution in [0.3, 0.4) is 0 Å². The molecule has 152 valence electrons. The van der Waals surface area contributed by atoms with Crippen molar-refractivity contribution in [3.63, 3.8) is 0 Å². The van der Waals surface area contributed by atoms with Gasteiger partial charge in [-0.15, -0.1) is 0 Å². The Bertz CT molecular complexity index is 1010. The predicted octanol–water partition coefficient (Wildman–Crippen LogP) is 4.24. The fourth-order valence-electron chi connectivity index (χ4n) is 3.70. The molecule has 29 heavy (non-hydrogen) atoms. The number of rotatable bonds is 3. The number of carbonyl (C=O) groups is 1. The summed E-state index contributed by atoms with van der Waals surface area (Å²) >= 11 is 0. The van der Waals surface area contributed by atoms with Crippen molar-refractivity contribution in [3.05, 3.63) is 47.5 Å². The minimum absolute atomic E-state index is 0.127. The van der Waals surface area contributed by atoms with E-state index < -0.39 is 0 Å². The third kappa shape index (κ3) is 4.16. The van der Waals surface area contributed by atoms with Gasteiger partial charge < -0.3 is 14.7 Å². The first kappa shape index (κ1) is 19.2. The maximum atomic E-state index is 13.2. The van der Waals surface area contributed by atoms with E-state index >= 15 is 0 Å². The Labute approximate surface area is 169 Å². The highest BCUT2D eigenvalue weighted by Crippen LogP contribution is 2.31. The van der Waals surface area contributed by atoms with E-state index in [0.717, 1.165) is 48.1 Å². The molecular formula is C21H26N6O2. The summed E-state index contributed by atoms with van der Waals surface area (Å²) in [6, 6.07) is 5.72. The Morgan fingerprint density at radius 1 is 1.24 bits per heavy atom. The molecule has 0 aliphatic carbocycles. The Kier molecular flexibility index (Phi) is 5.33. The summed E-state index contributed by atoms with van der Waals surface area (Å²) in [7, 11) is 1.84. The van der Waals surface area contributed by atoms with Crippen LogP contribution in [0, 0.1) is 13.8 Å². The first-order chi connectivity index (χ1) is 14.0. The Morgan fingerprint density at radius 3 is 2.90 bits per heavy atom. The van der Waals surface area contributed by atoms with E-state index in [9.17, 15) is 4.79 Å². The van der Waals surface area contributed by atoms with Crippen molar-refractivity contribution in [2.45, 2.75) is 45.6 Å². The van der Waals surface area contributed by atoms with Gasteiger partial charge in [-0.1, -0.05) is 30.1 Å². The highest BCUT2D eigenvalue weighted by molar-refractivity contribution is 5.90. The van der Waals surface area contributed by atoms with Crippen LogP contribution in [0.4, 0.5) is 10.5 Å². The zero-order valence-electron chi connectivity index (χ0n) is 17.1. The number of amides is 2. The molecule has 1 saturated heterocycles. The smallest absolute Gasteiger partial charge is 0.322 e. The Morgan fingerprint density at radius 2 is 2.10 bits per heavy atom. The number of anilines is 1. The zero-order chi connectivity index (χ0) is 20.4. The van der Waals surface area contributed by atoms with Gasteiger partial charge in [-0.05, 0) is 43.9 Å². The zero-order valence-corrected chi connectivity index (χ0v) is 17.1. The lowest BCUT2D eigenvalue weighted by Crippen LogP contribution is -2.38. The third-order valence-corrected chi connectivity index (χ3v) is 5.34. The summed E-state index contributed by atoms with van der Waals surface area (Å²) in [5, 5.41) is 11.4. The molecule has 1 aliphatic heterocycles. The van der Waals surface area contributed by atoms with Gasteiger partial charge in [0.2, 0.25) is 0 Å². The second-order valence-electron chi connectivity index (χ2n) is 7.67. The van der Waals surface area contributed by atoms with Crippen LogP contribution >= 0.6 is 0 Å². The molecule has 0 saturated carbocycles. The summed E-state index contributed by atoms with van der Waals surface area (Å²) in [6.45, 7) is 4.68. The van der Waals surface area contributed by atoms with Gasteiger partial charge in [-0.2, -0.15) is 10.1 Å². The van der Waals surface area contributed by atoms with Gasteiger partial charge in [0.25, 0.3) is 5.89 Å². The topological polar surface area (TPSA) is 89.1 Å². The number of hydrogen-bond donors (Lipinski definition) is 1. The van der Waals surface area contributed by atoms with Crippen LogP contribution in [-0.4, -0.2) is 37.4 Å². The van der Waals surface area contributed by atoms with Crippen molar-refractivity contribution in [2.75, 3.05) is 11.9 Å². The summed E-state index contributed by atoms with van der Waals surface area (Å²) in [6.07, 6.45) is 7.40. The van der Waals surface area contributed by atoms with Gasteiger partial charge in [0.05, 0.1) is 17.8 Å². The molecule has 2 amide bonds. The molecule has 4 rings (SSSR count). The van der Waals surface area contributed by atoms with E-state index in [-0.39, 0.29) is 12.1 Å². The van der Waals surface area contributed by atoms with Gasteiger partial charge in [-0.3, -0.25) is 4.68 Å². The summed E-state index contributed by atoms with van der Waals surface area (Å²) in [4.78, 5) is 19.6. The van der Waals surface area contributed by atoms with Crippen LogP contribution in [0.2, 0.25) is 0 Å². The van der Waals surface area contributed by atoms with Crippen LogP contribution in [0.1, 0.15) is 48.7 Å². The van der Waals surface area contributed by atoms with Gasteiger partial charge >= 0.3 is 6.03 Å². The molecule has 0 bridgehead atoms. The molecule has 0 spiro atoms. The van der Waals surface area contributed by atoms with Crippen molar-refractivity contribution < 1.29 is 9.32 Å². The van der Waals surface area contributed by atoms with E-state index in [1.165, 1.54) is 0 Å². The van der Waals surface area contributed by atoms with Crippen LogP contribution in [-0.2, 0) is 7.05 Å². The summed E-state index contributed by atoms with van der Waals surface area (Å²) in [5.41, 5.74) is 3.75. The van der Waals surface area contributed by atoms with Crippen molar-refractivity contribution >= 4 is 11.7 Å². The SMILES string of the molecule is Cc1ccc(C)c(NC(=O)N2CCCCCC2c2noc(-c3cnn(C)c3)n2)c1. The molecule has 1 atom stereocenters. The maximum absolute atomic E-state index is 13.2. The largest absolute Gasteiger partial charge is 0.334 e. The fraction of sp³-hybridized carbons (Fsp3) is 0.429. The number of carbonyl (C=O) groups excluding carboxylic acids is 1. The summed E-state index contributed by atoms with van der Waals surface area (Å²) < 4.78 is 7.16. The van der Waals surface area contributed by atoms with Crippen molar-refractivity contribution in [3.8, 4) is 11.5 Å².